The van der Waals surface area contributed by atoms with Gasteiger partial charge in [-0.25, -0.2) is 8.42 Å². The van der Waals surface area contributed by atoms with E-state index in [1.165, 1.54) is 36.4 Å². The lowest BCUT2D eigenvalue weighted by atomic mass is 9.72. The molecule has 4 rings (SSSR count). The highest BCUT2D eigenvalue weighted by Gasteiger charge is 2.72. The Labute approximate surface area is 205 Å². The molecule has 0 radical (unpaired) electrons. The van der Waals surface area contributed by atoms with Crippen molar-refractivity contribution in [2.45, 2.75) is 50.2 Å². The molecule has 6 nitrogen and oxygen atoms in total. The highest BCUT2D eigenvalue weighted by molar-refractivity contribution is 7.89. The molecule has 2 aromatic rings. The van der Waals surface area contributed by atoms with Crippen LogP contribution in [0.2, 0.25) is 5.02 Å². The first-order chi connectivity index (χ1) is 16.1. The van der Waals surface area contributed by atoms with E-state index in [0.717, 1.165) is 17.0 Å². The fraction of sp³-hybridized carbons (Fsp3) is 0.333. The molecule has 2 aliphatic rings. The smallest absolute Gasteiger partial charge is 0.294 e. The number of carbonyl (C=O) groups is 2. The fourth-order valence-corrected chi connectivity index (χ4v) is 6.09. The van der Waals surface area contributed by atoms with Gasteiger partial charge in [0, 0.05) is 17.1 Å². The summed E-state index contributed by atoms with van der Waals surface area (Å²) in [5, 5.41) is 0.156. The molecule has 0 fully saturated rings. The average molecular weight is 527 g/mol. The number of allylic oxidation sites excluding steroid dienone is 1. The lowest BCUT2D eigenvalue weighted by molar-refractivity contribution is -0.184. The SMILES string of the molecule is Cc1ccc(S(=O)(=O)N[C@@]2(C(F)(F)F)C(=O)N(c3cccc(Cl)c3)C3=C2C(=O)CC(C)(C)C3)cc1. The molecule has 0 aromatic heterocycles. The predicted octanol–water partition coefficient (Wildman–Crippen LogP) is 4.92. The summed E-state index contributed by atoms with van der Waals surface area (Å²) >= 11 is 6.04. The Morgan fingerprint density at radius 1 is 1.03 bits per heavy atom. The third kappa shape index (κ3) is 4.17. The Morgan fingerprint density at radius 3 is 2.23 bits per heavy atom. The third-order valence-electron chi connectivity index (χ3n) is 6.13. The molecule has 0 bridgehead atoms. The van der Waals surface area contributed by atoms with Crippen molar-refractivity contribution in [2.24, 2.45) is 5.41 Å². The molecule has 1 N–H and O–H groups in total. The van der Waals surface area contributed by atoms with Crippen LogP contribution in [-0.2, 0) is 19.6 Å². The molecular weight excluding hydrogens is 505 g/mol. The second kappa shape index (κ2) is 8.18. The summed E-state index contributed by atoms with van der Waals surface area (Å²) in [7, 11) is -4.88. The number of amides is 1. The van der Waals surface area contributed by atoms with Gasteiger partial charge in [0.2, 0.25) is 15.6 Å². The Morgan fingerprint density at radius 2 is 1.66 bits per heavy atom. The Hall–Kier alpha value is -2.69. The zero-order valence-corrected chi connectivity index (χ0v) is 20.6. The Balaban J connectivity index is 1.99. The molecule has 1 aliphatic heterocycles. The van der Waals surface area contributed by atoms with E-state index in [1.54, 1.807) is 25.5 Å². The van der Waals surface area contributed by atoms with Gasteiger partial charge in [0.05, 0.1) is 16.2 Å². The molecule has 1 atom stereocenters. The normalized spacial score (nSPS) is 22.5. The van der Waals surface area contributed by atoms with Crippen LogP contribution in [0.3, 0.4) is 0 Å². The second-order valence-corrected chi connectivity index (χ2v) is 11.7. The highest BCUT2D eigenvalue weighted by Crippen LogP contribution is 2.53. The summed E-state index contributed by atoms with van der Waals surface area (Å²) in [5.41, 5.74) is -4.95. The number of Topliss-reactive ketones (excluding diaryl/α,β-unsaturated/α-hetero) is 1. The van der Waals surface area contributed by atoms with Crippen molar-refractivity contribution in [3.63, 3.8) is 0 Å². The molecule has 0 spiro atoms. The number of benzene rings is 2. The molecule has 2 aromatic carbocycles. The van der Waals surface area contributed by atoms with Crippen LogP contribution >= 0.6 is 11.6 Å². The van der Waals surface area contributed by atoms with Gasteiger partial charge < -0.3 is 0 Å². The summed E-state index contributed by atoms with van der Waals surface area (Å²) in [6.07, 6.45) is -5.81. The lowest BCUT2D eigenvalue weighted by Crippen LogP contribution is -2.66. The summed E-state index contributed by atoms with van der Waals surface area (Å²) in [5.74, 6) is -2.57. The third-order valence-corrected chi connectivity index (χ3v) is 7.83. The van der Waals surface area contributed by atoms with Gasteiger partial charge in [0.1, 0.15) is 0 Å². The molecule has 35 heavy (non-hydrogen) atoms. The molecule has 1 heterocycles. The molecule has 186 valence electrons. The van der Waals surface area contributed by atoms with E-state index in [9.17, 15) is 31.2 Å². The van der Waals surface area contributed by atoms with Crippen LogP contribution in [0.15, 0.2) is 64.7 Å². The van der Waals surface area contributed by atoms with E-state index in [0.29, 0.717) is 5.56 Å². The number of ketones is 1. The van der Waals surface area contributed by atoms with Crippen LogP contribution in [0.4, 0.5) is 18.9 Å². The maximum Gasteiger partial charge on any atom is 0.421 e. The van der Waals surface area contributed by atoms with E-state index in [1.807, 2.05) is 0 Å². The monoisotopic (exact) mass is 526 g/mol. The van der Waals surface area contributed by atoms with Crippen molar-refractivity contribution in [3.8, 4) is 0 Å². The lowest BCUT2D eigenvalue weighted by Gasteiger charge is -2.35. The Kier molecular flexibility index (Phi) is 5.94. The number of hydrogen-bond donors (Lipinski definition) is 1. The first-order valence-corrected chi connectivity index (χ1v) is 12.5. The number of sulfonamides is 1. The minimum atomic E-state index is -5.47. The second-order valence-electron chi connectivity index (χ2n) is 9.55. The van der Waals surface area contributed by atoms with Gasteiger partial charge in [-0.3, -0.25) is 14.5 Å². The maximum atomic E-state index is 14.9. The van der Waals surface area contributed by atoms with Crippen molar-refractivity contribution in [3.05, 3.63) is 70.4 Å². The van der Waals surface area contributed by atoms with Crippen molar-refractivity contribution in [1.82, 2.24) is 4.72 Å². The summed E-state index contributed by atoms with van der Waals surface area (Å²) < 4.78 is 72.6. The number of nitrogens with one attached hydrogen (secondary N) is 1. The molecule has 0 saturated carbocycles. The number of anilines is 1. The van der Waals surface area contributed by atoms with Gasteiger partial charge >= 0.3 is 6.18 Å². The van der Waals surface area contributed by atoms with Gasteiger partial charge in [-0.05, 0) is 49.1 Å². The first-order valence-electron chi connectivity index (χ1n) is 10.6. The van der Waals surface area contributed by atoms with E-state index in [-0.39, 0.29) is 29.2 Å². The molecule has 1 amide bonds. The van der Waals surface area contributed by atoms with E-state index >= 15 is 0 Å². The summed E-state index contributed by atoms with van der Waals surface area (Å²) in [6.45, 7) is 5.07. The van der Waals surface area contributed by atoms with Crippen LogP contribution < -0.4 is 9.62 Å². The van der Waals surface area contributed by atoms with Crippen LogP contribution in [0.5, 0.6) is 0 Å². The standard InChI is InChI=1S/C24H22ClF3N2O4S/c1-14-7-9-17(10-8-14)35(33,34)29-23(24(26,27)28)20-18(12-22(2,3)13-19(20)31)30(21(23)32)16-6-4-5-15(25)11-16/h4-11,29H,12-13H2,1-3H3/t23-/m1/s1. The van der Waals surface area contributed by atoms with Gasteiger partial charge in [-0.15, -0.1) is 0 Å². The topological polar surface area (TPSA) is 83.6 Å². The van der Waals surface area contributed by atoms with Crippen molar-refractivity contribution < 1.29 is 31.2 Å². The number of alkyl halides is 3. The minimum Gasteiger partial charge on any atom is -0.294 e. The molecule has 0 unspecified atom stereocenters. The number of hydrogen-bond acceptors (Lipinski definition) is 4. The number of aryl methyl sites for hydroxylation is 1. The fourth-order valence-electron chi connectivity index (χ4n) is 4.58. The van der Waals surface area contributed by atoms with Crippen molar-refractivity contribution >= 4 is 39.0 Å². The van der Waals surface area contributed by atoms with Gasteiger partial charge in [-0.2, -0.15) is 17.9 Å². The molecule has 11 heteroatoms. The number of rotatable bonds is 4. The van der Waals surface area contributed by atoms with E-state index in [2.05, 4.69) is 0 Å². The van der Waals surface area contributed by atoms with Crippen molar-refractivity contribution in [2.75, 3.05) is 4.90 Å². The number of halogens is 4. The zero-order valence-electron chi connectivity index (χ0n) is 19.0. The summed E-state index contributed by atoms with van der Waals surface area (Å²) in [4.78, 5) is 27.2. The molecule has 1 aliphatic carbocycles. The summed E-state index contributed by atoms with van der Waals surface area (Å²) in [6, 6.07) is 10.7. The number of carbonyl (C=O) groups excluding carboxylic acids is 2. The first kappa shape index (κ1) is 25.4. The van der Waals surface area contributed by atoms with E-state index < -0.39 is 49.3 Å². The van der Waals surface area contributed by atoms with Crippen LogP contribution in [0.1, 0.15) is 32.3 Å². The molecule has 0 saturated heterocycles. The predicted molar refractivity (Wildman–Crippen MR) is 124 cm³/mol. The van der Waals surface area contributed by atoms with Crippen LogP contribution in [-0.4, -0.2) is 31.8 Å². The van der Waals surface area contributed by atoms with Gasteiger partial charge in [-0.1, -0.05) is 49.2 Å². The quantitative estimate of drug-likeness (QED) is 0.613. The molecular formula is C24H22ClF3N2O4S. The van der Waals surface area contributed by atoms with Gasteiger partial charge in [0.15, 0.2) is 5.78 Å². The van der Waals surface area contributed by atoms with Gasteiger partial charge in [0.25, 0.3) is 5.91 Å². The largest absolute Gasteiger partial charge is 0.421 e. The highest BCUT2D eigenvalue weighted by atomic mass is 35.5. The Bertz CT molecular complexity index is 1370. The number of nitrogens with zero attached hydrogens (tertiary/aromatic N) is 1. The zero-order chi connectivity index (χ0) is 26.0. The van der Waals surface area contributed by atoms with Crippen LogP contribution in [0, 0.1) is 12.3 Å². The van der Waals surface area contributed by atoms with Crippen LogP contribution in [0.25, 0.3) is 0 Å². The minimum absolute atomic E-state index is 0.00107. The average Bonchev–Trinajstić information content (AvgIpc) is 2.95. The maximum absolute atomic E-state index is 14.9. The van der Waals surface area contributed by atoms with E-state index in [4.69, 9.17) is 11.6 Å². The van der Waals surface area contributed by atoms with Crippen molar-refractivity contribution in [1.29, 1.82) is 0 Å².